The number of aromatic nitrogens is 2. The molecule has 0 aromatic carbocycles. The van der Waals surface area contributed by atoms with Gasteiger partial charge in [-0.3, -0.25) is 0 Å². The third-order valence-corrected chi connectivity index (χ3v) is 3.86. The quantitative estimate of drug-likeness (QED) is 0.774. The normalized spacial score (nSPS) is 32.9. The van der Waals surface area contributed by atoms with Gasteiger partial charge in [0.05, 0.1) is 0 Å². The fourth-order valence-corrected chi connectivity index (χ4v) is 3.01. The Morgan fingerprint density at radius 3 is 2.75 bits per heavy atom. The summed E-state index contributed by atoms with van der Waals surface area (Å²) in [6.07, 6.45) is 4.55. The zero-order valence-electron chi connectivity index (χ0n) is 9.04. The van der Waals surface area contributed by atoms with Crippen LogP contribution in [0.25, 0.3) is 0 Å². The van der Waals surface area contributed by atoms with Crippen LogP contribution in [0.2, 0.25) is 0 Å². The average molecular weight is 221 g/mol. The molecule has 0 saturated carbocycles. The molecule has 3 aliphatic rings. The summed E-state index contributed by atoms with van der Waals surface area (Å²) < 4.78 is 1.27. The molecule has 0 spiro atoms. The van der Waals surface area contributed by atoms with E-state index in [9.17, 15) is 4.79 Å². The van der Waals surface area contributed by atoms with Crippen molar-refractivity contribution in [2.45, 2.75) is 18.8 Å². The summed E-state index contributed by atoms with van der Waals surface area (Å²) in [5.74, 6) is 1.64. The second kappa shape index (κ2) is 3.59. The van der Waals surface area contributed by atoms with Crippen molar-refractivity contribution in [2.24, 2.45) is 5.92 Å². The lowest BCUT2D eigenvalue weighted by Crippen LogP contribution is -2.47. The maximum Gasteiger partial charge on any atom is 0.417 e. The van der Waals surface area contributed by atoms with E-state index in [2.05, 4.69) is 9.88 Å². The molecule has 1 aromatic heterocycles. The van der Waals surface area contributed by atoms with Crippen molar-refractivity contribution >= 4 is 6.09 Å². The molecule has 1 unspecified atom stereocenters. The van der Waals surface area contributed by atoms with Gasteiger partial charge in [-0.15, -0.1) is 0 Å². The first-order valence-corrected chi connectivity index (χ1v) is 5.74. The van der Waals surface area contributed by atoms with Gasteiger partial charge in [0.25, 0.3) is 0 Å². The van der Waals surface area contributed by atoms with Crippen LogP contribution in [0.5, 0.6) is 0 Å². The average Bonchev–Trinajstić information content (AvgIpc) is 2.79. The maximum atomic E-state index is 11.0. The molecule has 0 aliphatic carbocycles. The minimum Gasteiger partial charge on any atom is -0.464 e. The Morgan fingerprint density at radius 1 is 1.44 bits per heavy atom. The lowest BCUT2D eigenvalue weighted by molar-refractivity contribution is 0.0821. The van der Waals surface area contributed by atoms with Crippen molar-refractivity contribution in [2.75, 3.05) is 19.6 Å². The first-order valence-electron chi connectivity index (χ1n) is 5.74. The van der Waals surface area contributed by atoms with E-state index in [-0.39, 0.29) is 0 Å². The second-order valence-corrected chi connectivity index (χ2v) is 4.68. The number of carbonyl (C=O) groups is 1. The number of carboxylic acid groups (broad SMARTS) is 1. The van der Waals surface area contributed by atoms with Gasteiger partial charge in [-0.25, -0.2) is 14.3 Å². The van der Waals surface area contributed by atoms with Gasteiger partial charge in [-0.05, 0) is 31.8 Å². The molecule has 3 aliphatic heterocycles. The Hall–Kier alpha value is -1.36. The van der Waals surface area contributed by atoms with Crippen LogP contribution in [0, 0.1) is 5.92 Å². The predicted molar refractivity (Wildman–Crippen MR) is 57.6 cm³/mol. The number of hydrogen-bond donors (Lipinski definition) is 1. The largest absolute Gasteiger partial charge is 0.464 e. The molecule has 0 amide bonds. The van der Waals surface area contributed by atoms with Gasteiger partial charge in [0.15, 0.2) is 0 Å². The Bertz CT molecular complexity index is 407. The SMILES string of the molecule is O=C(O)n1ccnc1C1CN2CCC1CC2. The molecule has 86 valence electrons. The molecule has 1 aromatic rings. The predicted octanol–water partition coefficient (Wildman–Crippen LogP) is 1.22. The van der Waals surface area contributed by atoms with Crippen molar-refractivity contribution in [3.63, 3.8) is 0 Å². The van der Waals surface area contributed by atoms with Crippen LogP contribution in [-0.4, -0.2) is 45.3 Å². The Labute approximate surface area is 93.7 Å². The first kappa shape index (κ1) is 9.84. The van der Waals surface area contributed by atoms with E-state index in [1.165, 1.54) is 23.6 Å². The third kappa shape index (κ3) is 1.43. The number of rotatable bonds is 1. The van der Waals surface area contributed by atoms with E-state index >= 15 is 0 Å². The van der Waals surface area contributed by atoms with Crippen LogP contribution in [-0.2, 0) is 0 Å². The standard InChI is InChI=1S/C11H15N3O2/c15-11(16)14-6-3-12-10(14)9-7-13-4-1-8(9)2-5-13/h3,6,8-9H,1-2,4-5,7H2,(H,15,16). The molecule has 3 fully saturated rings. The minimum absolute atomic E-state index is 0.300. The van der Waals surface area contributed by atoms with Gasteiger partial charge in [0.2, 0.25) is 0 Å². The molecule has 0 radical (unpaired) electrons. The summed E-state index contributed by atoms with van der Waals surface area (Å²) in [7, 11) is 0. The monoisotopic (exact) mass is 221 g/mol. The smallest absolute Gasteiger partial charge is 0.417 e. The molecule has 2 bridgehead atoms. The Kier molecular flexibility index (Phi) is 2.21. The van der Waals surface area contributed by atoms with E-state index in [1.54, 1.807) is 6.20 Å². The van der Waals surface area contributed by atoms with Crippen molar-refractivity contribution < 1.29 is 9.90 Å². The van der Waals surface area contributed by atoms with Gasteiger partial charge in [0.1, 0.15) is 5.82 Å². The summed E-state index contributed by atoms with van der Waals surface area (Å²) in [5, 5.41) is 9.06. The molecule has 5 nitrogen and oxygen atoms in total. The van der Waals surface area contributed by atoms with Crippen LogP contribution in [0.1, 0.15) is 24.6 Å². The fraction of sp³-hybridized carbons (Fsp3) is 0.636. The summed E-state index contributed by atoms with van der Waals surface area (Å²) in [6, 6.07) is 0. The first-order chi connectivity index (χ1) is 7.75. The van der Waals surface area contributed by atoms with Crippen LogP contribution in [0.15, 0.2) is 12.4 Å². The Morgan fingerprint density at radius 2 is 2.19 bits per heavy atom. The lowest BCUT2D eigenvalue weighted by Gasteiger charge is -2.44. The van der Waals surface area contributed by atoms with E-state index in [1.807, 2.05) is 0 Å². The van der Waals surface area contributed by atoms with Crippen LogP contribution >= 0.6 is 0 Å². The lowest BCUT2D eigenvalue weighted by atomic mass is 9.78. The van der Waals surface area contributed by atoms with Crippen molar-refractivity contribution in [1.82, 2.24) is 14.5 Å². The van der Waals surface area contributed by atoms with E-state index in [0.29, 0.717) is 11.8 Å². The number of hydrogen-bond acceptors (Lipinski definition) is 3. The van der Waals surface area contributed by atoms with E-state index in [4.69, 9.17) is 5.11 Å². The molecular formula is C11H15N3O2. The zero-order chi connectivity index (χ0) is 11.1. The summed E-state index contributed by atoms with van der Waals surface area (Å²) in [5.41, 5.74) is 0. The van der Waals surface area contributed by atoms with Gasteiger partial charge in [0, 0.05) is 24.9 Å². The van der Waals surface area contributed by atoms with Crippen LogP contribution in [0.3, 0.4) is 0 Å². The molecule has 3 saturated heterocycles. The van der Waals surface area contributed by atoms with Crippen molar-refractivity contribution in [3.8, 4) is 0 Å². The number of fused-ring (bicyclic) bond motifs is 3. The van der Waals surface area contributed by atoms with Crippen LogP contribution in [0.4, 0.5) is 4.79 Å². The molecule has 1 N–H and O–H groups in total. The fourth-order valence-electron chi connectivity index (χ4n) is 3.01. The Balaban J connectivity index is 1.92. The van der Waals surface area contributed by atoms with Gasteiger partial charge in [-0.1, -0.05) is 0 Å². The summed E-state index contributed by atoms with van der Waals surface area (Å²) >= 11 is 0. The minimum atomic E-state index is -0.927. The molecular weight excluding hydrogens is 206 g/mol. The van der Waals surface area contributed by atoms with Crippen LogP contribution < -0.4 is 0 Å². The highest BCUT2D eigenvalue weighted by Gasteiger charge is 2.37. The molecule has 16 heavy (non-hydrogen) atoms. The molecule has 4 rings (SSSR count). The number of nitrogens with zero attached hydrogens (tertiary/aromatic N) is 3. The van der Waals surface area contributed by atoms with E-state index < -0.39 is 6.09 Å². The maximum absolute atomic E-state index is 11.0. The highest BCUT2D eigenvalue weighted by Crippen LogP contribution is 2.38. The third-order valence-electron chi connectivity index (χ3n) is 3.86. The number of imidazole rings is 1. The molecule has 1 atom stereocenters. The number of piperidine rings is 3. The molecule has 4 heterocycles. The van der Waals surface area contributed by atoms with E-state index in [0.717, 1.165) is 25.5 Å². The molecule has 5 heteroatoms. The summed E-state index contributed by atoms with van der Waals surface area (Å²) in [4.78, 5) is 17.7. The highest BCUT2D eigenvalue weighted by molar-refractivity contribution is 5.68. The van der Waals surface area contributed by atoms with Crippen molar-refractivity contribution in [3.05, 3.63) is 18.2 Å². The van der Waals surface area contributed by atoms with Gasteiger partial charge in [-0.2, -0.15) is 0 Å². The van der Waals surface area contributed by atoms with Crippen molar-refractivity contribution in [1.29, 1.82) is 0 Å². The second-order valence-electron chi connectivity index (χ2n) is 4.68. The van der Waals surface area contributed by atoms with Gasteiger partial charge < -0.3 is 10.0 Å². The highest BCUT2D eigenvalue weighted by atomic mass is 16.4. The van der Waals surface area contributed by atoms with Gasteiger partial charge >= 0.3 is 6.09 Å². The zero-order valence-corrected chi connectivity index (χ0v) is 9.04. The summed E-state index contributed by atoms with van der Waals surface area (Å²) in [6.45, 7) is 3.29. The topological polar surface area (TPSA) is 58.4 Å².